The Hall–Kier alpha value is -1.09. The number of rotatable bonds is 9. The van der Waals surface area contributed by atoms with E-state index in [1.54, 1.807) is 11.8 Å². The first-order chi connectivity index (χ1) is 11.5. The van der Waals surface area contributed by atoms with E-state index in [2.05, 4.69) is 36.3 Å². The van der Waals surface area contributed by atoms with Crippen molar-refractivity contribution in [3.8, 4) is 0 Å². The normalized spacial score (nSPS) is 13.8. The van der Waals surface area contributed by atoms with Gasteiger partial charge in [0.2, 0.25) is 0 Å². The van der Waals surface area contributed by atoms with Crippen LogP contribution in [0.2, 0.25) is 0 Å². The largest absolute Gasteiger partial charge is 0.336 e. The predicted molar refractivity (Wildman–Crippen MR) is 111 cm³/mol. The highest BCUT2D eigenvalue weighted by atomic mass is 35.5. The Morgan fingerprint density at radius 1 is 1.33 bits per heavy atom. The third-order valence-corrected chi connectivity index (χ3v) is 4.98. The number of aryl methyl sites for hydroxylation is 1. The van der Waals surface area contributed by atoms with Crippen molar-refractivity contribution < 1.29 is 0 Å². The van der Waals surface area contributed by atoms with Crippen LogP contribution >= 0.6 is 35.0 Å². The van der Waals surface area contributed by atoms with Gasteiger partial charge in [0.05, 0.1) is 5.03 Å². The first kappa shape index (κ1) is 21.0. The molecule has 1 nitrogen and oxygen atoms in total. The van der Waals surface area contributed by atoms with Crippen molar-refractivity contribution in [1.82, 2.24) is 4.57 Å². The SMILES string of the molecule is C=C/C=C(\C=C/C)Cn1c(C)ccc1SC/C=C(Cl)\C=C(\Cl)CC. The molecule has 0 atom stereocenters. The van der Waals surface area contributed by atoms with E-state index in [0.717, 1.165) is 23.8 Å². The summed E-state index contributed by atoms with van der Waals surface area (Å²) in [5.41, 5.74) is 2.46. The summed E-state index contributed by atoms with van der Waals surface area (Å²) in [5.74, 6) is 0.802. The molecule has 0 amide bonds. The molecule has 0 fully saturated rings. The first-order valence-electron chi connectivity index (χ1n) is 7.96. The van der Waals surface area contributed by atoms with Gasteiger partial charge < -0.3 is 4.57 Å². The van der Waals surface area contributed by atoms with Gasteiger partial charge in [-0.25, -0.2) is 0 Å². The minimum atomic E-state index is 0.685. The number of halogens is 2. The van der Waals surface area contributed by atoms with Gasteiger partial charge in [-0.1, -0.05) is 67.1 Å². The summed E-state index contributed by atoms with van der Waals surface area (Å²) in [6.07, 6.45) is 12.6. The topological polar surface area (TPSA) is 4.93 Å². The molecule has 0 radical (unpaired) electrons. The molecule has 0 aromatic carbocycles. The molecule has 130 valence electrons. The molecule has 0 aliphatic carbocycles. The molecule has 0 saturated carbocycles. The van der Waals surface area contributed by atoms with Gasteiger partial charge >= 0.3 is 0 Å². The summed E-state index contributed by atoms with van der Waals surface area (Å²) in [4.78, 5) is 0. The number of hydrogen-bond donors (Lipinski definition) is 0. The van der Waals surface area contributed by atoms with Gasteiger partial charge in [-0.05, 0) is 44.1 Å². The summed E-state index contributed by atoms with van der Waals surface area (Å²) in [6, 6.07) is 4.29. The summed E-state index contributed by atoms with van der Waals surface area (Å²) < 4.78 is 2.30. The van der Waals surface area contributed by atoms with E-state index in [-0.39, 0.29) is 0 Å². The van der Waals surface area contributed by atoms with Crippen LogP contribution in [0.1, 0.15) is 26.0 Å². The Labute approximate surface area is 160 Å². The zero-order chi connectivity index (χ0) is 17.9. The second kappa shape index (κ2) is 11.5. The van der Waals surface area contributed by atoms with Crippen LogP contribution in [0.3, 0.4) is 0 Å². The van der Waals surface area contributed by atoms with Crippen molar-refractivity contribution in [3.63, 3.8) is 0 Å². The second-order valence-electron chi connectivity index (χ2n) is 5.22. The summed E-state index contributed by atoms with van der Waals surface area (Å²) in [6.45, 7) is 10.8. The molecule has 0 unspecified atom stereocenters. The van der Waals surface area contributed by atoms with Gasteiger partial charge in [0.1, 0.15) is 0 Å². The lowest BCUT2D eigenvalue weighted by atomic mass is 10.2. The molecule has 24 heavy (non-hydrogen) atoms. The first-order valence-corrected chi connectivity index (χ1v) is 9.70. The van der Waals surface area contributed by atoms with E-state index in [1.807, 2.05) is 44.2 Å². The molecule has 0 spiro atoms. The zero-order valence-electron chi connectivity index (χ0n) is 14.6. The van der Waals surface area contributed by atoms with Gasteiger partial charge in [-0.2, -0.15) is 0 Å². The standard InChI is InChI=1S/C20H25Cl2NS/c1-5-8-17(9-6-2)15-23-16(4)10-11-20(23)24-13-12-19(22)14-18(21)7-3/h5-6,8-12,14H,1,7,13,15H2,2-4H3/b9-6-,17-8+,18-14+,19-12+. The Balaban J connectivity index is 2.83. The highest BCUT2D eigenvalue weighted by Gasteiger charge is 2.06. The van der Waals surface area contributed by atoms with Crippen LogP contribution < -0.4 is 0 Å². The minimum absolute atomic E-state index is 0.685. The Morgan fingerprint density at radius 3 is 2.71 bits per heavy atom. The van der Waals surface area contributed by atoms with E-state index in [9.17, 15) is 0 Å². The highest BCUT2D eigenvalue weighted by molar-refractivity contribution is 7.99. The quantitative estimate of drug-likeness (QED) is 0.322. The molecule has 1 rings (SSSR count). The number of hydrogen-bond acceptors (Lipinski definition) is 1. The van der Waals surface area contributed by atoms with E-state index in [4.69, 9.17) is 23.2 Å². The molecule has 0 aliphatic rings. The number of nitrogens with zero attached hydrogens (tertiary/aromatic N) is 1. The Bertz CT molecular complexity index is 663. The molecule has 1 heterocycles. The molecule has 1 aromatic heterocycles. The van der Waals surface area contributed by atoms with Crippen LogP contribution in [0.25, 0.3) is 0 Å². The second-order valence-corrected chi connectivity index (χ2v) is 7.18. The fraction of sp³-hybridized carbons (Fsp3) is 0.300. The third kappa shape index (κ3) is 7.21. The van der Waals surface area contributed by atoms with Crippen molar-refractivity contribution >= 4 is 35.0 Å². The molecule has 0 N–H and O–H groups in total. The van der Waals surface area contributed by atoms with Crippen LogP contribution in [0, 0.1) is 6.92 Å². The average molecular weight is 382 g/mol. The van der Waals surface area contributed by atoms with Gasteiger partial charge in [0, 0.05) is 28.1 Å². The maximum absolute atomic E-state index is 6.18. The number of thioether (sulfide) groups is 1. The maximum Gasteiger partial charge on any atom is 0.0756 e. The molecule has 1 aromatic rings. The molecule has 0 saturated heterocycles. The van der Waals surface area contributed by atoms with Gasteiger partial charge in [-0.3, -0.25) is 0 Å². The molecule has 0 aliphatic heterocycles. The van der Waals surface area contributed by atoms with Crippen LogP contribution in [0.4, 0.5) is 0 Å². The fourth-order valence-corrected chi connectivity index (χ4v) is 3.54. The number of allylic oxidation sites excluding steroid dienone is 8. The van der Waals surface area contributed by atoms with Gasteiger partial charge in [0.25, 0.3) is 0 Å². The van der Waals surface area contributed by atoms with E-state index in [0.29, 0.717) is 5.03 Å². The zero-order valence-corrected chi connectivity index (χ0v) is 16.9. The molecular formula is C20H25Cl2NS. The van der Waals surface area contributed by atoms with Gasteiger partial charge in [0.15, 0.2) is 0 Å². The average Bonchev–Trinajstić information content (AvgIpc) is 2.88. The lowest BCUT2D eigenvalue weighted by molar-refractivity contribution is 0.709. The maximum atomic E-state index is 6.18. The van der Waals surface area contributed by atoms with Crippen LogP contribution in [0.5, 0.6) is 0 Å². The van der Waals surface area contributed by atoms with E-state index >= 15 is 0 Å². The molecule has 4 heteroatoms. The lowest BCUT2D eigenvalue weighted by Crippen LogP contribution is -2.03. The number of aromatic nitrogens is 1. The summed E-state index contributed by atoms with van der Waals surface area (Å²) >= 11 is 14.0. The van der Waals surface area contributed by atoms with Crippen LogP contribution in [-0.4, -0.2) is 10.3 Å². The summed E-state index contributed by atoms with van der Waals surface area (Å²) in [7, 11) is 0. The predicted octanol–water partition coefficient (Wildman–Crippen LogP) is 7.23. The minimum Gasteiger partial charge on any atom is -0.336 e. The van der Waals surface area contributed by atoms with Crippen LogP contribution in [0.15, 0.2) is 75.8 Å². The van der Waals surface area contributed by atoms with E-state index < -0.39 is 0 Å². The highest BCUT2D eigenvalue weighted by Crippen LogP contribution is 2.24. The Kier molecular flexibility index (Phi) is 10.0. The lowest BCUT2D eigenvalue weighted by Gasteiger charge is -2.11. The van der Waals surface area contributed by atoms with Crippen molar-refractivity contribution in [2.24, 2.45) is 0 Å². The van der Waals surface area contributed by atoms with Crippen LogP contribution in [-0.2, 0) is 6.54 Å². The Morgan fingerprint density at radius 2 is 2.08 bits per heavy atom. The molecule has 0 bridgehead atoms. The fourth-order valence-electron chi connectivity index (χ4n) is 2.10. The van der Waals surface area contributed by atoms with Crippen molar-refractivity contribution in [3.05, 3.63) is 76.5 Å². The monoisotopic (exact) mass is 381 g/mol. The van der Waals surface area contributed by atoms with Gasteiger partial charge in [-0.15, -0.1) is 11.8 Å². The van der Waals surface area contributed by atoms with Crippen molar-refractivity contribution in [2.75, 3.05) is 5.75 Å². The molecular weight excluding hydrogens is 357 g/mol. The van der Waals surface area contributed by atoms with Crippen molar-refractivity contribution in [1.29, 1.82) is 0 Å². The third-order valence-electron chi connectivity index (χ3n) is 3.35. The van der Waals surface area contributed by atoms with E-state index in [1.165, 1.54) is 16.3 Å². The summed E-state index contributed by atoms with van der Waals surface area (Å²) in [5, 5.41) is 2.68. The smallest absolute Gasteiger partial charge is 0.0756 e. The van der Waals surface area contributed by atoms with Crippen molar-refractivity contribution in [2.45, 2.75) is 38.8 Å².